The topological polar surface area (TPSA) is 12.4 Å². The van der Waals surface area contributed by atoms with Gasteiger partial charge in [0.2, 0.25) is 0 Å². The Balaban J connectivity index is 2.06. The van der Waals surface area contributed by atoms with Crippen LogP contribution in [-0.4, -0.2) is 5.71 Å². The molecule has 0 aromatic heterocycles. The molecule has 0 bridgehead atoms. The molecule has 1 aliphatic carbocycles. The van der Waals surface area contributed by atoms with E-state index in [9.17, 15) is 0 Å². The first kappa shape index (κ1) is 10.0. The van der Waals surface area contributed by atoms with Crippen LogP contribution in [0.25, 0.3) is 6.08 Å². The number of benzene rings is 2. The van der Waals surface area contributed by atoms with Gasteiger partial charge in [-0.25, -0.2) is 0 Å². The lowest BCUT2D eigenvalue weighted by Gasteiger charge is -2.12. The fourth-order valence-corrected chi connectivity index (χ4v) is 2.08. The molecule has 0 unspecified atom stereocenters. The Morgan fingerprint density at radius 1 is 0.824 bits per heavy atom. The van der Waals surface area contributed by atoms with Crippen molar-refractivity contribution in [2.45, 2.75) is 6.42 Å². The summed E-state index contributed by atoms with van der Waals surface area (Å²) >= 11 is 0. The van der Waals surface area contributed by atoms with Crippen LogP contribution < -0.4 is 0 Å². The second-order valence-corrected chi connectivity index (χ2v) is 4.09. The SMILES string of the molecule is C1=Cc2ccccc2/C(=N\c2ccccc2)C1. The van der Waals surface area contributed by atoms with E-state index in [2.05, 4.69) is 36.4 Å². The quantitative estimate of drug-likeness (QED) is 0.680. The molecule has 0 saturated carbocycles. The highest BCUT2D eigenvalue weighted by Crippen LogP contribution is 2.22. The highest BCUT2D eigenvalue weighted by molar-refractivity contribution is 6.07. The molecule has 0 amide bonds. The van der Waals surface area contributed by atoms with Gasteiger partial charge in [0.25, 0.3) is 0 Å². The van der Waals surface area contributed by atoms with Crippen molar-refractivity contribution in [2.75, 3.05) is 0 Å². The zero-order chi connectivity index (χ0) is 11.5. The van der Waals surface area contributed by atoms with E-state index in [1.54, 1.807) is 0 Å². The van der Waals surface area contributed by atoms with Crippen molar-refractivity contribution < 1.29 is 0 Å². The van der Waals surface area contributed by atoms with Crippen molar-refractivity contribution in [2.24, 2.45) is 4.99 Å². The summed E-state index contributed by atoms with van der Waals surface area (Å²) in [5, 5.41) is 0. The van der Waals surface area contributed by atoms with Crippen LogP contribution in [0.2, 0.25) is 0 Å². The van der Waals surface area contributed by atoms with Crippen molar-refractivity contribution in [3.05, 3.63) is 71.8 Å². The molecule has 2 aromatic carbocycles. The van der Waals surface area contributed by atoms with Crippen LogP contribution in [-0.2, 0) is 0 Å². The van der Waals surface area contributed by atoms with E-state index in [1.807, 2.05) is 30.3 Å². The molecule has 0 fully saturated rings. The largest absolute Gasteiger partial charge is 0.252 e. The lowest BCUT2D eigenvalue weighted by atomic mass is 9.95. The molecule has 1 aliphatic rings. The molecule has 0 aliphatic heterocycles. The molecular formula is C16H13N. The Morgan fingerprint density at radius 3 is 2.47 bits per heavy atom. The van der Waals surface area contributed by atoms with E-state index in [0.717, 1.165) is 17.8 Å². The third-order valence-electron chi connectivity index (χ3n) is 2.90. The summed E-state index contributed by atoms with van der Waals surface area (Å²) in [5.74, 6) is 0. The van der Waals surface area contributed by atoms with Crippen LogP contribution in [0.3, 0.4) is 0 Å². The maximum atomic E-state index is 4.72. The van der Waals surface area contributed by atoms with Gasteiger partial charge in [-0.1, -0.05) is 54.6 Å². The summed E-state index contributed by atoms with van der Waals surface area (Å²) < 4.78 is 0. The zero-order valence-electron chi connectivity index (χ0n) is 9.51. The summed E-state index contributed by atoms with van der Waals surface area (Å²) in [5.41, 5.74) is 4.68. The molecule has 0 atom stereocenters. The molecule has 0 N–H and O–H groups in total. The molecular weight excluding hydrogens is 206 g/mol. The van der Waals surface area contributed by atoms with Crippen LogP contribution in [0.1, 0.15) is 17.5 Å². The van der Waals surface area contributed by atoms with Gasteiger partial charge in [-0.05, 0) is 17.7 Å². The van der Waals surface area contributed by atoms with Crippen LogP contribution in [0.15, 0.2) is 65.7 Å². The molecule has 1 nitrogen and oxygen atoms in total. The van der Waals surface area contributed by atoms with E-state index in [4.69, 9.17) is 4.99 Å². The van der Waals surface area contributed by atoms with Crippen LogP contribution in [0, 0.1) is 0 Å². The number of para-hydroxylation sites is 1. The minimum absolute atomic E-state index is 0.909. The minimum Gasteiger partial charge on any atom is -0.252 e. The van der Waals surface area contributed by atoms with Gasteiger partial charge < -0.3 is 0 Å². The maximum Gasteiger partial charge on any atom is 0.0633 e. The van der Waals surface area contributed by atoms with Crippen molar-refractivity contribution in [3.8, 4) is 0 Å². The van der Waals surface area contributed by atoms with E-state index in [1.165, 1.54) is 11.1 Å². The van der Waals surface area contributed by atoms with Crippen molar-refractivity contribution >= 4 is 17.5 Å². The third kappa shape index (κ3) is 2.04. The fourth-order valence-electron chi connectivity index (χ4n) is 2.08. The Morgan fingerprint density at radius 2 is 1.59 bits per heavy atom. The lowest BCUT2D eigenvalue weighted by molar-refractivity contribution is 1.36. The number of rotatable bonds is 1. The monoisotopic (exact) mass is 219 g/mol. The second kappa shape index (κ2) is 4.38. The molecule has 0 spiro atoms. The lowest BCUT2D eigenvalue weighted by Crippen LogP contribution is -2.05. The number of nitrogens with zero attached hydrogens (tertiary/aromatic N) is 1. The predicted octanol–water partition coefficient (Wildman–Crippen LogP) is 4.22. The van der Waals surface area contributed by atoms with Crippen molar-refractivity contribution in [1.29, 1.82) is 0 Å². The van der Waals surface area contributed by atoms with Gasteiger partial charge in [0, 0.05) is 12.0 Å². The number of aliphatic imine (C=N–C) groups is 1. The number of hydrogen-bond donors (Lipinski definition) is 0. The summed E-state index contributed by atoms with van der Waals surface area (Å²) in [6.45, 7) is 0. The van der Waals surface area contributed by atoms with E-state index in [-0.39, 0.29) is 0 Å². The van der Waals surface area contributed by atoms with Gasteiger partial charge in [-0.2, -0.15) is 0 Å². The molecule has 0 saturated heterocycles. The molecule has 2 aromatic rings. The zero-order valence-corrected chi connectivity index (χ0v) is 9.51. The van der Waals surface area contributed by atoms with Gasteiger partial charge in [-0.15, -0.1) is 0 Å². The Kier molecular flexibility index (Phi) is 2.59. The summed E-state index contributed by atoms with van der Waals surface area (Å²) in [4.78, 5) is 4.72. The van der Waals surface area contributed by atoms with Crippen LogP contribution in [0.5, 0.6) is 0 Å². The van der Waals surface area contributed by atoms with E-state index < -0.39 is 0 Å². The predicted molar refractivity (Wildman–Crippen MR) is 72.7 cm³/mol. The Bertz CT molecular complexity index is 579. The van der Waals surface area contributed by atoms with Gasteiger partial charge in [0.05, 0.1) is 11.4 Å². The molecule has 1 heteroatoms. The maximum absolute atomic E-state index is 4.72. The molecule has 82 valence electrons. The standard InChI is InChI=1S/C16H13N/c1-2-9-14(10-3-1)17-16-12-6-8-13-7-4-5-11-15(13)16/h1-11H,12H2/b17-16-. The van der Waals surface area contributed by atoms with E-state index in [0.29, 0.717) is 0 Å². The first-order valence-corrected chi connectivity index (χ1v) is 5.82. The van der Waals surface area contributed by atoms with Crippen LogP contribution in [0.4, 0.5) is 5.69 Å². The normalized spacial score (nSPS) is 15.9. The first-order chi connectivity index (χ1) is 8.43. The van der Waals surface area contributed by atoms with Crippen LogP contribution >= 0.6 is 0 Å². The van der Waals surface area contributed by atoms with Gasteiger partial charge in [-0.3, -0.25) is 4.99 Å². The molecule has 17 heavy (non-hydrogen) atoms. The smallest absolute Gasteiger partial charge is 0.0633 e. The highest BCUT2D eigenvalue weighted by atomic mass is 14.7. The molecule has 0 heterocycles. The minimum atomic E-state index is 0.909. The third-order valence-corrected chi connectivity index (χ3v) is 2.90. The summed E-state index contributed by atoms with van der Waals surface area (Å²) in [7, 11) is 0. The number of hydrogen-bond acceptors (Lipinski definition) is 1. The first-order valence-electron chi connectivity index (χ1n) is 5.82. The summed E-state index contributed by atoms with van der Waals surface area (Å²) in [6.07, 6.45) is 5.25. The summed E-state index contributed by atoms with van der Waals surface area (Å²) in [6, 6.07) is 18.5. The number of fused-ring (bicyclic) bond motifs is 1. The van der Waals surface area contributed by atoms with E-state index >= 15 is 0 Å². The molecule has 0 radical (unpaired) electrons. The fraction of sp³-hybridized carbons (Fsp3) is 0.0625. The average Bonchev–Trinajstić information content (AvgIpc) is 2.40. The molecule has 3 rings (SSSR count). The van der Waals surface area contributed by atoms with Gasteiger partial charge >= 0.3 is 0 Å². The average molecular weight is 219 g/mol. The van der Waals surface area contributed by atoms with Crippen molar-refractivity contribution in [1.82, 2.24) is 0 Å². The second-order valence-electron chi connectivity index (χ2n) is 4.09. The van der Waals surface area contributed by atoms with Gasteiger partial charge in [0.1, 0.15) is 0 Å². The van der Waals surface area contributed by atoms with Gasteiger partial charge in [0.15, 0.2) is 0 Å². The highest BCUT2D eigenvalue weighted by Gasteiger charge is 2.10. The Labute approximate surface area is 101 Å². The van der Waals surface area contributed by atoms with Crippen molar-refractivity contribution in [3.63, 3.8) is 0 Å². The Hall–Kier alpha value is -2.15. The number of allylic oxidation sites excluding steroid dienone is 1.